The van der Waals surface area contributed by atoms with Gasteiger partial charge in [0.2, 0.25) is 0 Å². The van der Waals surface area contributed by atoms with Crippen molar-refractivity contribution in [3.63, 3.8) is 0 Å². The van der Waals surface area contributed by atoms with E-state index in [1.54, 1.807) is 0 Å². The van der Waals surface area contributed by atoms with Crippen molar-refractivity contribution in [1.82, 2.24) is 0 Å². The van der Waals surface area contributed by atoms with Crippen LogP contribution in [-0.2, 0) is 0 Å². The first-order valence-electron chi connectivity index (χ1n) is 2.12. The topological polar surface area (TPSA) is 3.01 Å². The van der Waals surface area contributed by atoms with Gasteiger partial charge in [0.25, 0.3) is 0 Å². The van der Waals surface area contributed by atoms with Gasteiger partial charge in [0.05, 0.1) is 0 Å². The van der Waals surface area contributed by atoms with Crippen molar-refractivity contribution in [1.29, 1.82) is 0 Å². The van der Waals surface area contributed by atoms with Crippen LogP contribution < -0.4 is 0 Å². The second-order valence-electron chi connectivity index (χ2n) is 1.84. The Hall–Kier alpha value is -0.330. The SMILES string of the molecule is C.CC(C)=[N+](C)C. The van der Waals surface area contributed by atoms with Crippen molar-refractivity contribution < 1.29 is 4.58 Å². The van der Waals surface area contributed by atoms with Crippen LogP contribution in [0.3, 0.4) is 0 Å². The molecule has 0 aliphatic carbocycles. The first-order chi connectivity index (χ1) is 2.64. The van der Waals surface area contributed by atoms with E-state index in [2.05, 4.69) is 18.4 Å². The average molecular weight is 102 g/mol. The highest BCUT2D eigenvalue weighted by Crippen LogP contribution is 1.63. The molecule has 0 atom stereocenters. The van der Waals surface area contributed by atoms with E-state index >= 15 is 0 Å². The first-order valence-corrected chi connectivity index (χ1v) is 2.12. The quantitative estimate of drug-likeness (QED) is 0.321. The summed E-state index contributed by atoms with van der Waals surface area (Å²) in [5, 5.41) is 0. The standard InChI is InChI=1S/C5H12N.CH4/c1-5(2)6(3)4;/h1-4H3;1H4/q+1;. The Balaban J connectivity index is 0. The molecule has 0 bridgehead atoms. The molecule has 0 unspecified atom stereocenters. The van der Waals surface area contributed by atoms with Crippen molar-refractivity contribution in [3.05, 3.63) is 0 Å². The molecule has 0 fully saturated rings. The fourth-order valence-electron chi connectivity index (χ4n) is 0. The summed E-state index contributed by atoms with van der Waals surface area (Å²) in [4.78, 5) is 0. The zero-order chi connectivity index (χ0) is 5.15. The molecule has 1 nitrogen and oxygen atoms in total. The first kappa shape index (κ1) is 9.83. The molecule has 0 rings (SSSR count). The molecular formula is C6H16N+. The molecule has 0 aliphatic heterocycles. The third-order valence-corrected chi connectivity index (χ3v) is 0.894. The van der Waals surface area contributed by atoms with Gasteiger partial charge in [0, 0.05) is 13.8 Å². The highest BCUT2D eigenvalue weighted by atomic mass is 14.9. The molecule has 0 amide bonds. The van der Waals surface area contributed by atoms with E-state index in [1.165, 1.54) is 5.71 Å². The van der Waals surface area contributed by atoms with Crippen LogP contribution in [0.2, 0.25) is 0 Å². The maximum Gasteiger partial charge on any atom is 0.145 e. The van der Waals surface area contributed by atoms with Gasteiger partial charge >= 0.3 is 0 Å². The highest BCUT2D eigenvalue weighted by molar-refractivity contribution is 5.73. The molecule has 0 aromatic carbocycles. The van der Waals surface area contributed by atoms with Gasteiger partial charge in [-0.25, -0.2) is 4.58 Å². The summed E-state index contributed by atoms with van der Waals surface area (Å²) < 4.78 is 2.08. The summed E-state index contributed by atoms with van der Waals surface area (Å²) in [6.07, 6.45) is 0. The minimum Gasteiger partial charge on any atom is -0.243 e. The van der Waals surface area contributed by atoms with Gasteiger partial charge in [-0.05, 0) is 0 Å². The summed E-state index contributed by atoms with van der Waals surface area (Å²) in [6.45, 7) is 4.17. The lowest BCUT2D eigenvalue weighted by Gasteiger charge is -1.83. The molecule has 7 heavy (non-hydrogen) atoms. The maximum absolute atomic E-state index is 2.08. The number of nitrogens with zero attached hydrogens (tertiary/aromatic N) is 1. The van der Waals surface area contributed by atoms with Crippen molar-refractivity contribution >= 4 is 5.71 Å². The Labute approximate surface area is 46.7 Å². The molecule has 1 heteroatoms. The molecule has 0 aromatic rings. The number of rotatable bonds is 0. The van der Waals surface area contributed by atoms with Crippen LogP contribution in [0.15, 0.2) is 0 Å². The molecule has 0 N–H and O–H groups in total. The highest BCUT2D eigenvalue weighted by Gasteiger charge is 1.82. The van der Waals surface area contributed by atoms with E-state index in [1.807, 2.05) is 14.1 Å². The predicted octanol–water partition coefficient (Wildman–Crippen LogP) is 1.38. The lowest BCUT2D eigenvalue weighted by atomic mass is 10.5. The lowest BCUT2D eigenvalue weighted by Crippen LogP contribution is -2.03. The van der Waals surface area contributed by atoms with Gasteiger partial charge in [-0.2, -0.15) is 0 Å². The normalized spacial score (nSPS) is 6.86. The smallest absolute Gasteiger partial charge is 0.145 e. The van der Waals surface area contributed by atoms with Crippen LogP contribution in [-0.4, -0.2) is 24.4 Å². The summed E-state index contributed by atoms with van der Waals surface area (Å²) in [6, 6.07) is 0. The van der Waals surface area contributed by atoms with Crippen LogP contribution in [0.4, 0.5) is 0 Å². The molecule has 0 aliphatic rings. The largest absolute Gasteiger partial charge is 0.243 e. The lowest BCUT2D eigenvalue weighted by molar-refractivity contribution is -0.465. The third kappa shape index (κ3) is 5.67. The summed E-state index contributed by atoms with van der Waals surface area (Å²) in [5.41, 5.74) is 1.34. The predicted molar refractivity (Wildman–Crippen MR) is 35.2 cm³/mol. The van der Waals surface area contributed by atoms with Crippen molar-refractivity contribution in [2.75, 3.05) is 14.1 Å². The average Bonchev–Trinajstić information content (AvgIpc) is 1.36. The molecule has 0 saturated carbocycles. The summed E-state index contributed by atoms with van der Waals surface area (Å²) in [7, 11) is 4.07. The maximum atomic E-state index is 2.08. The molecule has 0 radical (unpaired) electrons. The van der Waals surface area contributed by atoms with E-state index in [4.69, 9.17) is 0 Å². The van der Waals surface area contributed by atoms with E-state index in [9.17, 15) is 0 Å². The Morgan fingerprint density at radius 1 is 1.14 bits per heavy atom. The Morgan fingerprint density at radius 2 is 1.29 bits per heavy atom. The van der Waals surface area contributed by atoms with E-state index in [-0.39, 0.29) is 7.43 Å². The van der Waals surface area contributed by atoms with Gasteiger partial charge in [-0.3, -0.25) is 0 Å². The van der Waals surface area contributed by atoms with Gasteiger partial charge in [-0.15, -0.1) is 0 Å². The number of hydrogen-bond donors (Lipinski definition) is 0. The van der Waals surface area contributed by atoms with Gasteiger partial charge in [0.1, 0.15) is 19.8 Å². The van der Waals surface area contributed by atoms with E-state index < -0.39 is 0 Å². The summed E-state index contributed by atoms with van der Waals surface area (Å²) in [5.74, 6) is 0. The van der Waals surface area contributed by atoms with Crippen LogP contribution in [0.1, 0.15) is 21.3 Å². The van der Waals surface area contributed by atoms with Gasteiger partial charge < -0.3 is 0 Å². The van der Waals surface area contributed by atoms with Crippen LogP contribution in [0, 0.1) is 0 Å². The third-order valence-electron chi connectivity index (χ3n) is 0.894. The molecule has 0 heterocycles. The van der Waals surface area contributed by atoms with Crippen LogP contribution >= 0.6 is 0 Å². The van der Waals surface area contributed by atoms with Crippen LogP contribution in [0.5, 0.6) is 0 Å². The molecule has 0 saturated heterocycles. The minimum atomic E-state index is 0. The van der Waals surface area contributed by atoms with Crippen molar-refractivity contribution in [2.45, 2.75) is 21.3 Å². The fraction of sp³-hybridized carbons (Fsp3) is 0.833. The fourth-order valence-corrected chi connectivity index (χ4v) is 0. The Morgan fingerprint density at radius 3 is 1.29 bits per heavy atom. The minimum absolute atomic E-state index is 0. The molecule has 44 valence electrons. The zero-order valence-corrected chi connectivity index (χ0v) is 4.95. The van der Waals surface area contributed by atoms with E-state index in [0.29, 0.717) is 0 Å². The zero-order valence-electron chi connectivity index (χ0n) is 4.95. The van der Waals surface area contributed by atoms with Gasteiger partial charge in [-0.1, -0.05) is 7.43 Å². The second-order valence-corrected chi connectivity index (χ2v) is 1.84. The van der Waals surface area contributed by atoms with Crippen molar-refractivity contribution in [3.8, 4) is 0 Å². The number of hydrogen-bond acceptors (Lipinski definition) is 0. The molecule has 0 spiro atoms. The second kappa shape index (κ2) is 3.85. The van der Waals surface area contributed by atoms with Crippen molar-refractivity contribution in [2.24, 2.45) is 0 Å². The monoisotopic (exact) mass is 102 g/mol. The molecular weight excluding hydrogens is 86.1 g/mol. The van der Waals surface area contributed by atoms with Crippen LogP contribution in [0.25, 0.3) is 0 Å². The molecule has 0 aromatic heterocycles. The Kier molecular flexibility index (Phi) is 5.40. The van der Waals surface area contributed by atoms with E-state index in [0.717, 1.165) is 0 Å². The Bertz CT molecular complexity index is 54.2. The summed E-state index contributed by atoms with van der Waals surface area (Å²) >= 11 is 0. The van der Waals surface area contributed by atoms with Gasteiger partial charge in [0.15, 0.2) is 0 Å².